The average Bonchev–Trinajstić information content (AvgIpc) is 3.04. The quantitative estimate of drug-likeness (QED) is 0.421. The number of carbonyl (C=O) groups is 2. The minimum Gasteiger partial charge on any atom is -0.497 e. The Morgan fingerprint density at radius 2 is 1.88 bits per heavy atom. The van der Waals surface area contributed by atoms with Crippen molar-refractivity contribution in [1.29, 1.82) is 0 Å². The van der Waals surface area contributed by atoms with Crippen LogP contribution in [0.15, 0.2) is 46.9 Å². The molecule has 0 unspecified atom stereocenters. The van der Waals surface area contributed by atoms with E-state index in [4.69, 9.17) is 21.4 Å². The number of hydrogen-bond acceptors (Lipinski definition) is 5. The van der Waals surface area contributed by atoms with Crippen LogP contribution in [0, 0.1) is 6.92 Å². The molecule has 0 atom stereocenters. The van der Waals surface area contributed by atoms with Crippen molar-refractivity contribution in [3.63, 3.8) is 0 Å². The molecule has 0 saturated heterocycles. The minimum absolute atomic E-state index is 0.0154. The van der Waals surface area contributed by atoms with Crippen molar-refractivity contribution < 1.29 is 18.7 Å². The highest BCUT2D eigenvalue weighted by molar-refractivity contribution is 7.80. The molecular formula is C18H19N3O4S. The number of aryl methyl sites for hydroxylation is 1. The Hall–Kier alpha value is -3.13. The smallest absolute Gasteiger partial charge is 0.250 e. The Bertz CT molecular complexity index is 812. The van der Waals surface area contributed by atoms with E-state index in [0.717, 1.165) is 11.3 Å². The molecule has 0 spiro atoms. The van der Waals surface area contributed by atoms with E-state index in [1.165, 1.54) is 12.2 Å². The van der Waals surface area contributed by atoms with Gasteiger partial charge in [-0.3, -0.25) is 25.8 Å². The average molecular weight is 373 g/mol. The van der Waals surface area contributed by atoms with Crippen LogP contribution in [-0.4, -0.2) is 24.0 Å². The van der Waals surface area contributed by atoms with E-state index in [0.29, 0.717) is 11.5 Å². The maximum Gasteiger partial charge on any atom is 0.250 e. The van der Waals surface area contributed by atoms with Crippen LogP contribution in [0.2, 0.25) is 0 Å². The number of furan rings is 1. The molecule has 2 aromatic rings. The Morgan fingerprint density at radius 3 is 2.50 bits per heavy atom. The summed E-state index contributed by atoms with van der Waals surface area (Å²) in [7, 11) is 1.58. The minimum atomic E-state index is -0.444. The number of carbonyl (C=O) groups excluding carboxylic acids is 2. The molecule has 0 fully saturated rings. The van der Waals surface area contributed by atoms with Crippen molar-refractivity contribution in [3.05, 3.63) is 59.6 Å². The van der Waals surface area contributed by atoms with Crippen molar-refractivity contribution in [2.24, 2.45) is 0 Å². The number of hydrazine groups is 1. The molecule has 0 bridgehead atoms. The fourth-order valence-electron chi connectivity index (χ4n) is 1.99. The fraction of sp³-hybridized carbons (Fsp3) is 0.167. The van der Waals surface area contributed by atoms with Gasteiger partial charge in [-0.05, 0) is 55.0 Å². The maximum absolute atomic E-state index is 11.9. The normalized spacial score (nSPS) is 10.4. The third-order valence-corrected chi connectivity index (χ3v) is 3.44. The molecule has 0 aliphatic heterocycles. The Balaban J connectivity index is 1.72. The van der Waals surface area contributed by atoms with Gasteiger partial charge in [0.2, 0.25) is 11.8 Å². The van der Waals surface area contributed by atoms with Gasteiger partial charge in [0.1, 0.15) is 17.3 Å². The molecule has 0 radical (unpaired) electrons. The van der Waals surface area contributed by atoms with Gasteiger partial charge in [-0.2, -0.15) is 0 Å². The highest BCUT2D eigenvalue weighted by atomic mass is 32.1. The van der Waals surface area contributed by atoms with Crippen LogP contribution >= 0.6 is 12.2 Å². The summed E-state index contributed by atoms with van der Waals surface area (Å²) in [5.41, 5.74) is 5.72. The van der Waals surface area contributed by atoms with Crippen molar-refractivity contribution in [3.8, 4) is 5.75 Å². The summed E-state index contributed by atoms with van der Waals surface area (Å²) in [5, 5.41) is 2.40. The molecule has 0 aliphatic rings. The van der Waals surface area contributed by atoms with E-state index in [1.807, 2.05) is 6.92 Å². The zero-order valence-corrected chi connectivity index (χ0v) is 15.2. The molecular weight excluding hydrogens is 354 g/mol. The standard InChI is InChI=1S/C18H19N3O4S/c1-12-3-6-15(25-12)9-10-16(22)19-18(26)21-20-17(23)11-13-4-7-14(24-2)8-5-13/h3-10H,11H2,1-2H3,(H,20,23)(H2,19,21,22,26). The number of rotatable bonds is 5. The first kappa shape index (κ1) is 19.2. The van der Waals surface area contributed by atoms with E-state index in [2.05, 4.69) is 16.2 Å². The molecule has 1 heterocycles. The molecule has 3 N–H and O–H groups in total. The van der Waals surface area contributed by atoms with Gasteiger partial charge in [-0.15, -0.1) is 0 Å². The van der Waals surface area contributed by atoms with E-state index < -0.39 is 5.91 Å². The van der Waals surface area contributed by atoms with Crippen LogP contribution in [0.3, 0.4) is 0 Å². The fourth-order valence-corrected chi connectivity index (χ4v) is 2.14. The summed E-state index contributed by atoms with van der Waals surface area (Å²) in [6, 6.07) is 10.7. The molecule has 8 heteroatoms. The largest absolute Gasteiger partial charge is 0.497 e. The highest BCUT2D eigenvalue weighted by Gasteiger charge is 2.06. The molecule has 1 aromatic carbocycles. The van der Waals surface area contributed by atoms with E-state index >= 15 is 0 Å². The van der Waals surface area contributed by atoms with E-state index in [1.54, 1.807) is 43.5 Å². The van der Waals surface area contributed by atoms with Crippen LogP contribution in [0.25, 0.3) is 6.08 Å². The molecule has 26 heavy (non-hydrogen) atoms. The second-order valence-corrected chi connectivity index (χ2v) is 5.71. The van der Waals surface area contributed by atoms with Crippen LogP contribution < -0.4 is 20.9 Å². The number of ether oxygens (including phenoxy) is 1. The Morgan fingerprint density at radius 1 is 1.15 bits per heavy atom. The van der Waals surface area contributed by atoms with Crippen LogP contribution in [-0.2, 0) is 16.0 Å². The number of amides is 2. The molecule has 136 valence electrons. The van der Waals surface area contributed by atoms with Crippen LogP contribution in [0.1, 0.15) is 17.1 Å². The van der Waals surface area contributed by atoms with Crippen LogP contribution in [0.4, 0.5) is 0 Å². The van der Waals surface area contributed by atoms with Gasteiger partial charge in [-0.25, -0.2) is 0 Å². The molecule has 1 aromatic heterocycles. The van der Waals surface area contributed by atoms with Gasteiger partial charge >= 0.3 is 0 Å². The predicted octanol–water partition coefficient (Wildman–Crippen LogP) is 1.87. The first-order valence-corrected chi connectivity index (χ1v) is 8.14. The lowest BCUT2D eigenvalue weighted by molar-refractivity contribution is -0.121. The number of hydrogen-bond donors (Lipinski definition) is 3. The number of methoxy groups -OCH3 is 1. The lowest BCUT2D eigenvalue weighted by atomic mass is 10.1. The van der Waals surface area contributed by atoms with Crippen molar-refractivity contribution in [2.45, 2.75) is 13.3 Å². The Labute approximate surface area is 156 Å². The molecule has 0 aliphatic carbocycles. The predicted molar refractivity (Wildman–Crippen MR) is 101 cm³/mol. The van der Waals surface area contributed by atoms with Gasteiger partial charge in [-0.1, -0.05) is 12.1 Å². The monoisotopic (exact) mass is 373 g/mol. The van der Waals surface area contributed by atoms with Gasteiger partial charge in [0.05, 0.1) is 13.5 Å². The summed E-state index contributed by atoms with van der Waals surface area (Å²) in [6.07, 6.45) is 2.96. The summed E-state index contributed by atoms with van der Waals surface area (Å²) in [4.78, 5) is 23.6. The summed E-state index contributed by atoms with van der Waals surface area (Å²) in [6.45, 7) is 1.81. The third-order valence-electron chi connectivity index (χ3n) is 3.24. The lowest BCUT2D eigenvalue weighted by Gasteiger charge is -2.10. The summed E-state index contributed by atoms with van der Waals surface area (Å²) in [5.74, 6) is 1.29. The first-order chi connectivity index (χ1) is 12.5. The summed E-state index contributed by atoms with van der Waals surface area (Å²) < 4.78 is 10.4. The second kappa shape index (κ2) is 9.38. The number of nitrogens with one attached hydrogen (secondary N) is 3. The lowest BCUT2D eigenvalue weighted by Crippen LogP contribution is -2.48. The summed E-state index contributed by atoms with van der Waals surface area (Å²) >= 11 is 4.95. The number of benzene rings is 1. The zero-order chi connectivity index (χ0) is 18.9. The zero-order valence-electron chi connectivity index (χ0n) is 14.4. The van der Waals surface area contributed by atoms with Gasteiger partial charge in [0.15, 0.2) is 5.11 Å². The molecule has 7 nitrogen and oxygen atoms in total. The topological polar surface area (TPSA) is 92.6 Å². The van der Waals surface area contributed by atoms with Crippen LogP contribution in [0.5, 0.6) is 5.75 Å². The van der Waals surface area contributed by atoms with Crippen molar-refractivity contribution >= 4 is 35.2 Å². The Kier molecular flexibility index (Phi) is 6.92. The SMILES string of the molecule is COc1ccc(CC(=O)NNC(=S)NC(=O)C=Cc2ccc(C)o2)cc1. The van der Waals surface area contributed by atoms with Gasteiger partial charge in [0, 0.05) is 6.08 Å². The highest BCUT2D eigenvalue weighted by Crippen LogP contribution is 2.11. The van der Waals surface area contributed by atoms with Gasteiger partial charge < -0.3 is 9.15 Å². The third kappa shape index (κ3) is 6.40. The number of thiocarbonyl (C=S) groups is 1. The molecule has 2 amide bonds. The van der Waals surface area contributed by atoms with E-state index in [9.17, 15) is 9.59 Å². The molecule has 0 saturated carbocycles. The van der Waals surface area contributed by atoms with Gasteiger partial charge in [0.25, 0.3) is 0 Å². The van der Waals surface area contributed by atoms with E-state index in [-0.39, 0.29) is 17.4 Å². The first-order valence-electron chi connectivity index (χ1n) is 7.73. The van der Waals surface area contributed by atoms with Crippen molar-refractivity contribution in [1.82, 2.24) is 16.2 Å². The van der Waals surface area contributed by atoms with Crippen molar-refractivity contribution in [2.75, 3.05) is 7.11 Å². The second-order valence-electron chi connectivity index (χ2n) is 5.30. The molecule has 2 rings (SSSR count). The maximum atomic E-state index is 11.9.